The average molecular weight is 301 g/mol. The number of piperidine rings is 1. The number of rotatable bonds is 3. The summed E-state index contributed by atoms with van der Waals surface area (Å²) >= 11 is 0. The Morgan fingerprint density at radius 2 is 2.15 bits per heavy atom. The molecule has 0 amide bonds. The molecule has 5 nitrogen and oxygen atoms in total. The summed E-state index contributed by atoms with van der Waals surface area (Å²) in [6, 6.07) is 4.06. The number of aryl methyl sites for hydroxylation is 1. The van der Waals surface area contributed by atoms with Crippen molar-refractivity contribution in [1.82, 2.24) is 4.31 Å². The first-order valence-electron chi connectivity index (χ1n) is 6.32. The monoisotopic (exact) mass is 301 g/mol. The summed E-state index contributed by atoms with van der Waals surface area (Å²) in [6.07, 6.45) is 0.904. The zero-order chi connectivity index (χ0) is 14.9. The van der Waals surface area contributed by atoms with E-state index >= 15 is 0 Å². The Morgan fingerprint density at radius 3 is 2.75 bits per heavy atom. The quantitative estimate of drug-likeness (QED) is 0.920. The smallest absolute Gasteiger partial charge is 0.307 e. The van der Waals surface area contributed by atoms with E-state index in [2.05, 4.69) is 0 Å². The number of sulfonamides is 1. The van der Waals surface area contributed by atoms with E-state index in [-0.39, 0.29) is 18.0 Å². The van der Waals surface area contributed by atoms with E-state index in [1.165, 1.54) is 19.1 Å². The Hall–Kier alpha value is -1.47. The van der Waals surface area contributed by atoms with Gasteiger partial charge in [0, 0.05) is 13.1 Å². The number of benzene rings is 1. The summed E-state index contributed by atoms with van der Waals surface area (Å²) in [5.74, 6) is -2.55. The summed E-state index contributed by atoms with van der Waals surface area (Å²) in [5, 5.41) is 9.01. The lowest BCUT2D eigenvalue weighted by atomic mass is 10.0. The molecule has 0 aliphatic carbocycles. The second-order valence-corrected chi connectivity index (χ2v) is 6.80. The molecular formula is C13H16FNO4S. The number of nitrogens with zero attached hydrogens (tertiary/aromatic N) is 1. The molecule has 1 unspecified atom stereocenters. The molecular weight excluding hydrogens is 285 g/mol. The minimum atomic E-state index is -3.99. The van der Waals surface area contributed by atoms with Gasteiger partial charge >= 0.3 is 5.97 Å². The van der Waals surface area contributed by atoms with Crippen LogP contribution in [0.4, 0.5) is 4.39 Å². The molecule has 20 heavy (non-hydrogen) atoms. The van der Waals surface area contributed by atoms with E-state index in [4.69, 9.17) is 5.11 Å². The minimum absolute atomic E-state index is 0.106. The number of halogens is 1. The van der Waals surface area contributed by atoms with Gasteiger partial charge in [-0.05, 0) is 31.4 Å². The Bertz CT molecular complexity index is 609. The van der Waals surface area contributed by atoms with Crippen LogP contribution in [0.3, 0.4) is 0 Å². The number of carboxylic acids is 1. The number of carbonyl (C=O) groups is 1. The van der Waals surface area contributed by atoms with E-state index < -0.39 is 27.7 Å². The Kier molecular flexibility index (Phi) is 4.10. The summed E-state index contributed by atoms with van der Waals surface area (Å²) in [4.78, 5) is 10.6. The normalized spacial score (nSPS) is 20.8. The van der Waals surface area contributed by atoms with E-state index in [0.29, 0.717) is 18.4 Å². The van der Waals surface area contributed by atoms with E-state index in [9.17, 15) is 17.6 Å². The molecule has 7 heteroatoms. The van der Waals surface area contributed by atoms with Crippen molar-refractivity contribution in [2.75, 3.05) is 13.1 Å². The van der Waals surface area contributed by atoms with Gasteiger partial charge in [-0.25, -0.2) is 12.8 Å². The molecule has 1 aliphatic rings. The summed E-state index contributed by atoms with van der Waals surface area (Å²) in [5.41, 5.74) is 0.322. The van der Waals surface area contributed by atoms with Crippen LogP contribution in [-0.4, -0.2) is 36.9 Å². The number of carboxylic acid groups (broad SMARTS) is 1. The van der Waals surface area contributed by atoms with Crippen LogP contribution in [0.25, 0.3) is 0 Å². The maximum Gasteiger partial charge on any atom is 0.307 e. The fourth-order valence-electron chi connectivity index (χ4n) is 2.43. The minimum Gasteiger partial charge on any atom is -0.481 e. The molecule has 0 aromatic heterocycles. The van der Waals surface area contributed by atoms with E-state index in [0.717, 1.165) is 10.4 Å². The van der Waals surface area contributed by atoms with Gasteiger partial charge in [0.1, 0.15) is 10.7 Å². The van der Waals surface area contributed by atoms with Gasteiger partial charge in [0.2, 0.25) is 10.0 Å². The first-order valence-corrected chi connectivity index (χ1v) is 7.76. The van der Waals surface area contributed by atoms with Gasteiger partial charge in [-0.2, -0.15) is 4.31 Å². The average Bonchev–Trinajstić information content (AvgIpc) is 2.38. The highest BCUT2D eigenvalue weighted by Crippen LogP contribution is 2.27. The SMILES string of the molecule is Cc1cccc(F)c1S(=O)(=O)N1CCCC(C(=O)O)C1. The molecule has 0 radical (unpaired) electrons. The number of hydrogen-bond acceptors (Lipinski definition) is 3. The van der Waals surface area contributed by atoms with Gasteiger partial charge in [0.05, 0.1) is 5.92 Å². The fraction of sp³-hybridized carbons (Fsp3) is 0.462. The Balaban J connectivity index is 2.38. The second kappa shape index (κ2) is 5.49. The molecule has 110 valence electrons. The maximum absolute atomic E-state index is 13.8. The Morgan fingerprint density at radius 1 is 1.45 bits per heavy atom. The van der Waals surface area contributed by atoms with Crippen LogP contribution in [0.15, 0.2) is 23.1 Å². The zero-order valence-corrected chi connectivity index (χ0v) is 11.9. The number of aliphatic carboxylic acids is 1. The summed E-state index contributed by atoms with van der Waals surface area (Å²) in [7, 11) is -3.99. The lowest BCUT2D eigenvalue weighted by Crippen LogP contribution is -2.42. The van der Waals surface area contributed by atoms with Crippen molar-refractivity contribution in [2.24, 2.45) is 5.92 Å². The third-order valence-electron chi connectivity index (χ3n) is 3.50. The van der Waals surface area contributed by atoms with Crippen LogP contribution >= 0.6 is 0 Å². The molecule has 1 aliphatic heterocycles. The van der Waals surface area contributed by atoms with Crippen LogP contribution in [-0.2, 0) is 14.8 Å². The van der Waals surface area contributed by atoms with Crippen molar-refractivity contribution >= 4 is 16.0 Å². The van der Waals surface area contributed by atoms with E-state index in [1.807, 2.05) is 0 Å². The molecule has 0 bridgehead atoms. The maximum atomic E-state index is 13.8. The first kappa shape index (κ1) is 14.9. The lowest BCUT2D eigenvalue weighted by molar-refractivity contribution is -0.142. The molecule has 0 saturated carbocycles. The van der Waals surface area contributed by atoms with Gasteiger partial charge in [-0.15, -0.1) is 0 Å². The highest BCUT2D eigenvalue weighted by molar-refractivity contribution is 7.89. The molecule has 1 saturated heterocycles. The highest BCUT2D eigenvalue weighted by atomic mass is 32.2. The molecule has 1 fully saturated rings. The van der Waals surface area contributed by atoms with Gasteiger partial charge in [0.25, 0.3) is 0 Å². The lowest BCUT2D eigenvalue weighted by Gasteiger charge is -2.30. The standard InChI is InChI=1S/C13H16FNO4S/c1-9-4-2-6-11(14)12(9)20(18,19)15-7-3-5-10(8-15)13(16)17/h2,4,6,10H,3,5,7-8H2,1H3,(H,16,17). The van der Waals surface area contributed by atoms with Crippen LogP contribution in [0.1, 0.15) is 18.4 Å². The molecule has 1 N–H and O–H groups in total. The van der Waals surface area contributed by atoms with Gasteiger partial charge < -0.3 is 5.11 Å². The van der Waals surface area contributed by atoms with Crippen LogP contribution in [0, 0.1) is 18.7 Å². The van der Waals surface area contributed by atoms with Crippen molar-refractivity contribution < 1.29 is 22.7 Å². The van der Waals surface area contributed by atoms with Gasteiger partial charge in [-0.3, -0.25) is 4.79 Å². The second-order valence-electron chi connectivity index (χ2n) is 4.93. The van der Waals surface area contributed by atoms with Gasteiger partial charge in [0.15, 0.2) is 0 Å². The predicted molar refractivity (Wildman–Crippen MR) is 70.3 cm³/mol. The van der Waals surface area contributed by atoms with Crippen LogP contribution in [0.2, 0.25) is 0 Å². The highest BCUT2D eigenvalue weighted by Gasteiger charge is 2.35. The molecule has 2 rings (SSSR count). The van der Waals surface area contributed by atoms with Crippen molar-refractivity contribution in [2.45, 2.75) is 24.7 Å². The summed E-state index contributed by atoms with van der Waals surface area (Å²) in [6.45, 7) is 1.64. The molecule has 1 atom stereocenters. The number of hydrogen-bond donors (Lipinski definition) is 1. The van der Waals surface area contributed by atoms with Crippen LogP contribution in [0.5, 0.6) is 0 Å². The molecule has 1 heterocycles. The van der Waals surface area contributed by atoms with Crippen molar-refractivity contribution in [3.8, 4) is 0 Å². The third kappa shape index (κ3) is 2.69. The predicted octanol–water partition coefficient (Wildman–Crippen LogP) is 1.62. The fourth-order valence-corrected chi connectivity index (χ4v) is 4.23. The van der Waals surface area contributed by atoms with Crippen molar-refractivity contribution in [3.63, 3.8) is 0 Å². The van der Waals surface area contributed by atoms with E-state index in [1.54, 1.807) is 0 Å². The van der Waals surface area contributed by atoms with Gasteiger partial charge in [-0.1, -0.05) is 12.1 Å². The largest absolute Gasteiger partial charge is 0.481 e. The molecule has 0 spiro atoms. The molecule has 1 aromatic carbocycles. The zero-order valence-electron chi connectivity index (χ0n) is 11.0. The van der Waals surface area contributed by atoms with Crippen molar-refractivity contribution in [3.05, 3.63) is 29.6 Å². The topological polar surface area (TPSA) is 74.7 Å². The summed E-state index contributed by atoms with van der Waals surface area (Å²) < 4.78 is 39.9. The van der Waals surface area contributed by atoms with Crippen molar-refractivity contribution in [1.29, 1.82) is 0 Å². The Labute approximate surface area is 117 Å². The van der Waals surface area contributed by atoms with Crippen LogP contribution < -0.4 is 0 Å². The third-order valence-corrected chi connectivity index (χ3v) is 5.54. The first-order chi connectivity index (χ1) is 9.34. The molecule has 1 aromatic rings.